The summed E-state index contributed by atoms with van der Waals surface area (Å²) < 4.78 is 5.33. The SMILES string of the molecule is NCCCC[C@H](NC(=O)C1OC1C(=O)N[C@@H](Cc1ccccc1)C(N)=O)C(=O)Nc1cccc2ccccc12. The number of nitrogens with one attached hydrogen (secondary N) is 3. The van der Waals surface area contributed by atoms with Crippen LogP contribution in [0.5, 0.6) is 0 Å². The number of hydrogen-bond acceptors (Lipinski definition) is 6. The number of primary amides is 1. The number of carbonyl (C=O) groups is 4. The van der Waals surface area contributed by atoms with Crippen LogP contribution in [0.1, 0.15) is 24.8 Å². The molecule has 10 nitrogen and oxygen atoms in total. The highest BCUT2D eigenvalue weighted by Crippen LogP contribution is 2.25. The van der Waals surface area contributed by atoms with Crippen LogP contribution >= 0.6 is 0 Å². The zero-order valence-electron chi connectivity index (χ0n) is 21.5. The molecule has 3 aromatic rings. The number of fused-ring (bicyclic) bond motifs is 1. The molecule has 0 bridgehead atoms. The molecule has 1 fully saturated rings. The van der Waals surface area contributed by atoms with E-state index in [1.807, 2.05) is 66.7 Å². The normalized spacial score (nSPS) is 17.6. The molecule has 2 unspecified atom stereocenters. The van der Waals surface area contributed by atoms with E-state index in [2.05, 4.69) is 16.0 Å². The van der Waals surface area contributed by atoms with Gasteiger partial charge in [-0.1, -0.05) is 66.7 Å². The van der Waals surface area contributed by atoms with Crippen LogP contribution < -0.4 is 27.4 Å². The maximum atomic E-state index is 13.2. The minimum Gasteiger partial charge on any atom is -0.368 e. The first-order valence-corrected chi connectivity index (χ1v) is 13.0. The predicted molar refractivity (Wildman–Crippen MR) is 147 cm³/mol. The van der Waals surface area contributed by atoms with E-state index in [1.54, 1.807) is 6.07 Å². The zero-order valence-corrected chi connectivity index (χ0v) is 21.5. The number of nitrogens with two attached hydrogens (primary N) is 2. The van der Waals surface area contributed by atoms with Gasteiger partial charge in [0.25, 0.3) is 11.8 Å². The number of rotatable bonds is 13. The summed E-state index contributed by atoms with van der Waals surface area (Å²) in [5.74, 6) is -2.27. The lowest BCUT2D eigenvalue weighted by Crippen LogP contribution is -2.49. The summed E-state index contributed by atoms with van der Waals surface area (Å²) in [4.78, 5) is 50.8. The minimum atomic E-state index is -1.08. The number of unbranched alkanes of at least 4 members (excludes halogenated alkanes) is 1. The lowest BCUT2D eigenvalue weighted by atomic mass is 10.1. The number of anilines is 1. The van der Waals surface area contributed by atoms with E-state index >= 15 is 0 Å². The summed E-state index contributed by atoms with van der Waals surface area (Å²) >= 11 is 0. The Morgan fingerprint density at radius 3 is 2.13 bits per heavy atom. The molecule has 1 aliphatic heterocycles. The van der Waals surface area contributed by atoms with Gasteiger partial charge in [0.05, 0.1) is 0 Å². The largest absolute Gasteiger partial charge is 0.368 e. The van der Waals surface area contributed by atoms with E-state index in [-0.39, 0.29) is 12.3 Å². The predicted octanol–water partition coefficient (Wildman–Crippen LogP) is 1.37. The standard InChI is InChI=1S/C29H33N5O5/c30-16-7-6-14-22(27(36)32-21-15-8-12-19-11-4-5-13-20(19)21)33-28(37)24-25(39-24)29(38)34-23(26(31)35)17-18-9-2-1-3-10-18/h1-5,8-13,15,22-25H,6-7,14,16-17,30H2,(H2,31,35)(H,32,36)(H,33,37)(H,34,38)/t22-,23-,24?,25?/m0/s1. The second-order valence-corrected chi connectivity index (χ2v) is 9.49. The molecule has 7 N–H and O–H groups in total. The van der Waals surface area contributed by atoms with Gasteiger partial charge in [0.2, 0.25) is 11.8 Å². The van der Waals surface area contributed by atoms with Gasteiger partial charge in [-0.15, -0.1) is 0 Å². The molecule has 1 saturated heterocycles. The number of hydrogen-bond donors (Lipinski definition) is 5. The number of carbonyl (C=O) groups excluding carboxylic acids is 4. The highest BCUT2D eigenvalue weighted by molar-refractivity contribution is 6.05. The Balaban J connectivity index is 1.37. The maximum absolute atomic E-state index is 13.2. The summed E-state index contributed by atoms with van der Waals surface area (Å²) in [5.41, 5.74) is 12.5. The first kappa shape index (κ1) is 27.7. The molecule has 1 aliphatic rings. The molecule has 1 heterocycles. The highest BCUT2D eigenvalue weighted by Gasteiger charge is 2.51. The van der Waals surface area contributed by atoms with Crippen molar-refractivity contribution >= 4 is 40.1 Å². The molecule has 3 aromatic carbocycles. The topological polar surface area (TPSA) is 169 Å². The van der Waals surface area contributed by atoms with Gasteiger partial charge < -0.3 is 32.2 Å². The van der Waals surface area contributed by atoms with Crippen LogP contribution in [0.25, 0.3) is 10.8 Å². The van der Waals surface area contributed by atoms with Gasteiger partial charge >= 0.3 is 0 Å². The van der Waals surface area contributed by atoms with Gasteiger partial charge in [-0.3, -0.25) is 19.2 Å². The van der Waals surface area contributed by atoms with Gasteiger partial charge in [-0.05, 0) is 42.8 Å². The third-order valence-electron chi connectivity index (χ3n) is 6.58. The Bertz CT molecular complexity index is 1330. The smallest absolute Gasteiger partial charge is 0.253 e. The summed E-state index contributed by atoms with van der Waals surface area (Å²) in [6, 6.07) is 20.6. The zero-order chi connectivity index (χ0) is 27.8. The van der Waals surface area contributed by atoms with Crippen LogP contribution in [0.2, 0.25) is 0 Å². The van der Waals surface area contributed by atoms with Crippen molar-refractivity contribution in [1.82, 2.24) is 10.6 Å². The minimum absolute atomic E-state index is 0.211. The first-order chi connectivity index (χ1) is 18.9. The molecule has 0 radical (unpaired) electrons. The van der Waals surface area contributed by atoms with Crippen LogP contribution in [-0.4, -0.2) is 54.5 Å². The van der Waals surface area contributed by atoms with E-state index in [4.69, 9.17) is 16.2 Å². The monoisotopic (exact) mass is 531 g/mol. The van der Waals surface area contributed by atoms with Crippen molar-refractivity contribution in [2.24, 2.45) is 11.5 Å². The molecule has 0 aromatic heterocycles. The fraction of sp³-hybridized carbons (Fsp3) is 0.310. The lowest BCUT2D eigenvalue weighted by Gasteiger charge is -2.19. The molecule has 4 rings (SSSR count). The van der Waals surface area contributed by atoms with Gasteiger partial charge in [-0.25, -0.2) is 0 Å². The molecule has 0 aliphatic carbocycles. The molecular formula is C29H33N5O5. The summed E-state index contributed by atoms with van der Waals surface area (Å²) in [7, 11) is 0. The first-order valence-electron chi connectivity index (χ1n) is 13.0. The molecular weight excluding hydrogens is 498 g/mol. The average Bonchev–Trinajstić information content (AvgIpc) is 3.74. The number of amides is 4. The van der Waals surface area contributed by atoms with Crippen molar-refractivity contribution in [3.63, 3.8) is 0 Å². The molecule has 4 amide bonds. The van der Waals surface area contributed by atoms with Gasteiger partial charge in [-0.2, -0.15) is 0 Å². The van der Waals surface area contributed by atoms with E-state index in [9.17, 15) is 19.2 Å². The quantitative estimate of drug-likeness (QED) is 0.165. The molecule has 4 atom stereocenters. The van der Waals surface area contributed by atoms with E-state index in [1.165, 1.54) is 0 Å². The highest BCUT2D eigenvalue weighted by atomic mass is 16.6. The van der Waals surface area contributed by atoms with Crippen LogP contribution in [-0.2, 0) is 30.3 Å². The lowest BCUT2D eigenvalue weighted by molar-refractivity contribution is -0.128. The van der Waals surface area contributed by atoms with Gasteiger partial charge in [0, 0.05) is 17.5 Å². The van der Waals surface area contributed by atoms with Crippen LogP contribution in [0.15, 0.2) is 72.8 Å². The van der Waals surface area contributed by atoms with Crippen LogP contribution in [0, 0.1) is 0 Å². The Labute approximate surface area is 226 Å². The van der Waals surface area contributed by atoms with Crippen LogP contribution in [0.4, 0.5) is 5.69 Å². The molecule has 10 heteroatoms. The van der Waals surface area contributed by atoms with E-state index in [0.717, 1.165) is 16.3 Å². The Hall–Kier alpha value is -4.28. The van der Waals surface area contributed by atoms with Gasteiger partial charge in [0.1, 0.15) is 12.1 Å². The summed E-state index contributed by atoms with van der Waals surface area (Å²) in [6.45, 7) is 0.462. The van der Waals surface area contributed by atoms with Crippen molar-refractivity contribution in [3.05, 3.63) is 78.4 Å². The fourth-order valence-electron chi connectivity index (χ4n) is 4.41. The summed E-state index contributed by atoms with van der Waals surface area (Å²) in [5, 5.41) is 10.1. The second-order valence-electron chi connectivity index (χ2n) is 9.49. The van der Waals surface area contributed by atoms with Crippen molar-refractivity contribution in [2.45, 2.75) is 50.0 Å². The number of ether oxygens (including phenoxy) is 1. The number of epoxide rings is 1. The Kier molecular flexibility index (Phi) is 9.24. The van der Waals surface area contributed by atoms with Crippen molar-refractivity contribution < 1.29 is 23.9 Å². The number of benzene rings is 3. The van der Waals surface area contributed by atoms with E-state index < -0.39 is 42.0 Å². The third kappa shape index (κ3) is 7.40. The second kappa shape index (κ2) is 13.0. The van der Waals surface area contributed by atoms with E-state index in [0.29, 0.717) is 31.5 Å². The Morgan fingerprint density at radius 2 is 1.44 bits per heavy atom. The molecule has 39 heavy (non-hydrogen) atoms. The van der Waals surface area contributed by atoms with Crippen molar-refractivity contribution in [3.8, 4) is 0 Å². The van der Waals surface area contributed by atoms with Gasteiger partial charge in [0.15, 0.2) is 12.2 Å². The maximum Gasteiger partial charge on any atom is 0.253 e. The third-order valence-corrected chi connectivity index (χ3v) is 6.58. The molecule has 0 saturated carbocycles. The van der Waals surface area contributed by atoms with Crippen molar-refractivity contribution in [1.29, 1.82) is 0 Å². The molecule has 204 valence electrons. The molecule has 0 spiro atoms. The average molecular weight is 532 g/mol. The summed E-state index contributed by atoms with van der Waals surface area (Å²) in [6.07, 6.45) is -0.257. The Morgan fingerprint density at radius 1 is 0.795 bits per heavy atom. The van der Waals surface area contributed by atoms with Crippen LogP contribution in [0.3, 0.4) is 0 Å². The fourth-order valence-corrected chi connectivity index (χ4v) is 4.41. The van der Waals surface area contributed by atoms with Crippen molar-refractivity contribution in [2.75, 3.05) is 11.9 Å².